The van der Waals surface area contributed by atoms with Crippen LogP contribution in [0.2, 0.25) is 5.02 Å². The van der Waals surface area contributed by atoms with Gasteiger partial charge in [-0.05, 0) is 36.4 Å². The molecule has 0 aliphatic carbocycles. The quantitative estimate of drug-likeness (QED) is 0.735. The van der Waals surface area contributed by atoms with Gasteiger partial charge in [0.15, 0.2) is 0 Å². The predicted octanol–water partition coefficient (Wildman–Crippen LogP) is 2.52. The SMILES string of the molecule is CS(=O)(=O)Nc1ccc(C(=O)NCCOc2ccccc2Cl)cc1. The van der Waals surface area contributed by atoms with E-state index < -0.39 is 10.0 Å². The molecule has 2 rings (SSSR count). The zero-order chi connectivity index (χ0) is 17.6. The molecule has 0 aliphatic rings. The molecule has 128 valence electrons. The highest BCUT2D eigenvalue weighted by Gasteiger charge is 2.07. The molecule has 0 heterocycles. The van der Waals surface area contributed by atoms with Crippen LogP contribution in [-0.4, -0.2) is 33.7 Å². The van der Waals surface area contributed by atoms with Crippen molar-refractivity contribution in [3.8, 4) is 5.75 Å². The van der Waals surface area contributed by atoms with Crippen molar-refractivity contribution in [3.63, 3.8) is 0 Å². The van der Waals surface area contributed by atoms with Crippen LogP contribution < -0.4 is 14.8 Å². The van der Waals surface area contributed by atoms with Crippen molar-refractivity contribution < 1.29 is 17.9 Å². The van der Waals surface area contributed by atoms with Crippen molar-refractivity contribution in [1.82, 2.24) is 5.32 Å². The molecule has 0 unspecified atom stereocenters. The van der Waals surface area contributed by atoms with Crippen LogP contribution in [0.5, 0.6) is 5.75 Å². The van der Waals surface area contributed by atoms with E-state index in [1.807, 2.05) is 6.07 Å². The third-order valence-corrected chi connectivity index (χ3v) is 3.85. The summed E-state index contributed by atoms with van der Waals surface area (Å²) in [5.74, 6) is 0.285. The molecule has 0 atom stereocenters. The topological polar surface area (TPSA) is 84.5 Å². The van der Waals surface area contributed by atoms with Crippen LogP contribution >= 0.6 is 11.6 Å². The molecule has 0 aromatic heterocycles. The number of hydrogen-bond acceptors (Lipinski definition) is 4. The van der Waals surface area contributed by atoms with Gasteiger partial charge in [0.1, 0.15) is 12.4 Å². The Balaban J connectivity index is 1.81. The number of para-hydroxylation sites is 1. The maximum absolute atomic E-state index is 12.0. The Morgan fingerprint density at radius 3 is 2.42 bits per heavy atom. The van der Waals surface area contributed by atoms with Gasteiger partial charge in [-0.25, -0.2) is 8.42 Å². The number of halogens is 1. The van der Waals surface area contributed by atoms with Gasteiger partial charge in [0.2, 0.25) is 10.0 Å². The van der Waals surface area contributed by atoms with Gasteiger partial charge in [-0.2, -0.15) is 0 Å². The molecule has 0 aliphatic heterocycles. The molecule has 2 N–H and O–H groups in total. The highest BCUT2D eigenvalue weighted by molar-refractivity contribution is 7.92. The van der Waals surface area contributed by atoms with E-state index >= 15 is 0 Å². The molecule has 0 saturated heterocycles. The minimum absolute atomic E-state index is 0.274. The lowest BCUT2D eigenvalue weighted by atomic mass is 10.2. The summed E-state index contributed by atoms with van der Waals surface area (Å²) >= 11 is 5.96. The van der Waals surface area contributed by atoms with Crippen LogP contribution in [0.1, 0.15) is 10.4 Å². The van der Waals surface area contributed by atoms with Crippen molar-refractivity contribution in [3.05, 3.63) is 59.1 Å². The van der Waals surface area contributed by atoms with E-state index in [9.17, 15) is 13.2 Å². The van der Waals surface area contributed by atoms with Crippen molar-refractivity contribution in [2.45, 2.75) is 0 Å². The number of rotatable bonds is 7. The molecule has 0 spiro atoms. The molecule has 0 radical (unpaired) electrons. The van der Waals surface area contributed by atoms with E-state index in [1.165, 1.54) is 24.3 Å². The lowest BCUT2D eigenvalue weighted by Gasteiger charge is -2.09. The zero-order valence-electron chi connectivity index (χ0n) is 13.0. The first-order valence-corrected chi connectivity index (χ1v) is 9.35. The summed E-state index contributed by atoms with van der Waals surface area (Å²) in [6, 6.07) is 13.2. The van der Waals surface area contributed by atoms with Gasteiger partial charge in [0.05, 0.1) is 17.8 Å². The van der Waals surface area contributed by atoms with Crippen molar-refractivity contribution in [2.24, 2.45) is 0 Å². The normalized spacial score (nSPS) is 10.9. The van der Waals surface area contributed by atoms with Crippen LogP contribution in [0.25, 0.3) is 0 Å². The number of hydrogen-bond donors (Lipinski definition) is 2. The van der Waals surface area contributed by atoms with Gasteiger partial charge in [-0.3, -0.25) is 9.52 Å². The number of benzene rings is 2. The van der Waals surface area contributed by atoms with E-state index in [0.29, 0.717) is 28.6 Å². The molecular formula is C16H17ClN2O4S. The molecule has 0 bridgehead atoms. The lowest BCUT2D eigenvalue weighted by Crippen LogP contribution is -2.28. The molecular weight excluding hydrogens is 352 g/mol. The standard InChI is InChI=1S/C16H17ClN2O4S/c1-24(21,22)19-13-8-6-12(7-9-13)16(20)18-10-11-23-15-5-3-2-4-14(15)17/h2-9,19H,10-11H2,1H3,(H,18,20). The molecule has 1 amide bonds. The third-order valence-electron chi connectivity index (χ3n) is 2.93. The number of nitrogens with one attached hydrogen (secondary N) is 2. The van der Waals surface area contributed by atoms with Crippen molar-refractivity contribution >= 4 is 33.2 Å². The van der Waals surface area contributed by atoms with Gasteiger partial charge in [-0.1, -0.05) is 23.7 Å². The van der Waals surface area contributed by atoms with Crippen molar-refractivity contribution in [2.75, 3.05) is 24.1 Å². The summed E-state index contributed by atoms with van der Waals surface area (Å²) in [6.45, 7) is 0.594. The van der Waals surface area contributed by atoms with E-state index in [0.717, 1.165) is 6.26 Å². The maximum atomic E-state index is 12.0. The Hall–Kier alpha value is -2.25. The second-order valence-electron chi connectivity index (χ2n) is 4.99. The number of carbonyl (C=O) groups is 1. The zero-order valence-corrected chi connectivity index (χ0v) is 14.5. The molecule has 0 saturated carbocycles. The van der Waals surface area contributed by atoms with Gasteiger partial charge < -0.3 is 10.1 Å². The smallest absolute Gasteiger partial charge is 0.251 e. The summed E-state index contributed by atoms with van der Waals surface area (Å²) in [6.07, 6.45) is 1.06. The summed E-state index contributed by atoms with van der Waals surface area (Å²) in [7, 11) is -3.34. The average Bonchev–Trinajstić information content (AvgIpc) is 2.52. The monoisotopic (exact) mass is 368 g/mol. The van der Waals surface area contributed by atoms with Gasteiger partial charge in [0, 0.05) is 11.3 Å². The molecule has 2 aromatic carbocycles. The van der Waals surface area contributed by atoms with Crippen LogP contribution in [0.15, 0.2) is 48.5 Å². The summed E-state index contributed by atoms with van der Waals surface area (Å²) < 4.78 is 30.0. The molecule has 24 heavy (non-hydrogen) atoms. The minimum atomic E-state index is -3.34. The van der Waals surface area contributed by atoms with Crippen LogP contribution in [0.4, 0.5) is 5.69 Å². The first-order chi connectivity index (χ1) is 11.3. The number of ether oxygens (including phenoxy) is 1. The predicted molar refractivity (Wildman–Crippen MR) is 94.2 cm³/mol. The van der Waals surface area contributed by atoms with Crippen LogP contribution in [-0.2, 0) is 10.0 Å². The maximum Gasteiger partial charge on any atom is 0.251 e. The minimum Gasteiger partial charge on any atom is -0.490 e. The van der Waals surface area contributed by atoms with E-state index in [-0.39, 0.29) is 12.5 Å². The number of amides is 1. The summed E-state index contributed by atoms with van der Waals surface area (Å²) in [5, 5.41) is 3.22. The Kier molecular flexibility index (Phi) is 6.05. The second kappa shape index (κ2) is 8.03. The Labute approximate surface area is 145 Å². The number of sulfonamides is 1. The fraction of sp³-hybridized carbons (Fsp3) is 0.188. The second-order valence-corrected chi connectivity index (χ2v) is 7.14. The van der Waals surface area contributed by atoms with E-state index in [1.54, 1.807) is 18.2 Å². The molecule has 2 aromatic rings. The van der Waals surface area contributed by atoms with Gasteiger partial charge >= 0.3 is 0 Å². The molecule has 6 nitrogen and oxygen atoms in total. The van der Waals surface area contributed by atoms with Gasteiger partial charge in [-0.15, -0.1) is 0 Å². The first kappa shape index (κ1) is 18.1. The summed E-state index contributed by atoms with van der Waals surface area (Å²) in [5.41, 5.74) is 0.822. The largest absolute Gasteiger partial charge is 0.490 e. The van der Waals surface area contributed by atoms with Crippen LogP contribution in [0.3, 0.4) is 0 Å². The number of anilines is 1. The fourth-order valence-corrected chi connectivity index (χ4v) is 2.65. The van der Waals surface area contributed by atoms with Crippen molar-refractivity contribution in [1.29, 1.82) is 0 Å². The molecule has 8 heteroatoms. The highest BCUT2D eigenvalue weighted by atomic mass is 35.5. The van der Waals surface area contributed by atoms with E-state index in [2.05, 4.69) is 10.0 Å². The Morgan fingerprint density at radius 1 is 1.12 bits per heavy atom. The third kappa shape index (κ3) is 5.75. The summed E-state index contributed by atoms with van der Waals surface area (Å²) in [4.78, 5) is 12.0. The number of carbonyl (C=O) groups excluding carboxylic acids is 1. The fourth-order valence-electron chi connectivity index (χ4n) is 1.89. The first-order valence-electron chi connectivity index (χ1n) is 7.08. The highest BCUT2D eigenvalue weighted by Crippen LogP contribution is 2.22. The van der Waals surface area contributed by atoms with Gasteiger partial charge in [0.25, 0.3) is 5.91 Å². The Bertz CT molecular complexity index is 807. The average molecular weight is 369 g/mol. The Morgan fingerprint density at radius 2 is 1.79 bits per heavy atom. The molecule has 0 fully saturated rings. The lowest BCUT2D eigenvalue weighted by molar-refractivity contribution is 0.0947. The van der Waals surface area contributed by atoms with E-state index in [4.69, 9.17) is 16.3 Å². The van der Waals surface area contributed by atoms with Crippen LogP contribution in [0, 0.1) is 0 Å².